The van der Waals surface area contributed by atoms with E-state index < -0.39 is 25.0 Å². The predicted molar refractivity (Wildman–Crippen MR) is 171 cm³/mol. The van der Waals surface area contributed by atoms with Gasteiger partial charge in [-0.1, -0.05) is 54.8 Å². The summed E-state index contributed by atoms with van der Waals surface area (Å²) in [6.07, 6.45) is 7.34. The summed E-state index contributed by atoms with van der Waals surface area (Å²) in [5.74, 6) is -1.06. The Bertz CT molecular complexity index is 1670. The highest BCUT2D eigenvalue weighted by Gasteiger charge is 2.33. The van der Waals surface area contributed by atoms with Gasteiger partial charge in [0.15, 0.2) is 0 Å². The number of benzene rings is 2. The first-order chi connectivity index (χ1) is 22.1. The summed E-state index contributed by atoms with van der Waals surface area (Å²) in [6, 6.07) is 17.2. The van der Waals surface area contributed by atoms with Crippen molar-refractivity contribution in [1.82, 2.24) is 9.97 Å². The minimum atomic E-state index is -1.04. The number of nitrogens with zero attached hydrogens (tertiary/aromatic N) is 2. The van der Waals surface area contributed by atoms with Crippen LogP contribution in [0, 0.1) is 11.9 Å². The predicted octanol–water partition coefficient (Wildman–Crippen LogP) is 6.36. The SMILES string of the molecule is COC(=O)Cc1c(-c2ccnc(F)c2)cccc1C1CC1.COC(=O)Cc1c(Cl)cccc1-c1ccnc(F)c1.OB(O)C1CC1. The van der Waals surface area contributed by atoms with Gasteiger partial charge in [-0.05, 0) is 81.7 Å². The number of hydrogen-bond donors (Lipinski definition) is 2. The minimum absolute atomic E-state index is 0.0372. The van der Waals surface area contributed by atoms with Gasteiger partial charge in [-0.3, -0.25) is 9.59 Å². The highest BCUT2D eigenvalue weighted by molar-refractivity contribution is 6.44. The molecule has 12 heteroatoms. The maximum absolute atomic E-state index is 13.4. The smallest absolute Gasteiger partial charge is 0.454 e. The summed E-state index contributed by atoms with van der Waals surface area (Å²) in [4.78, 5) is 30.2. The van der Waals surface area contributed by atoms with Crippen molar-refractivity contribution >= 4 is 30.7 Å². The van der Waals surface area contributed by atoms with E-state index in [1.807, 2.05) is 12.1 Å². The monoisotopic (exact) mass is 650 g/mol. The molecule has 2 N–H and O–H groups in total. The minimum Gasteiger partial charge on any atom is -0.469 e. The standard InChI is InChI=1S/C17H16FNO2.C14H11ClFNO2.C3H7BO2/c1-21-17(20)10-15-13(11-5-6-11)3-2-4-14(15)12-7-8-19-16(18)9-12;1-19-14(18)8-11-10(3-2-4-12(11)15)9-5-6-17-13(16)7-9;5-4(6)3-1-2-3/h2-4,7-9,11H,5-6,10H2,1H3;2-7H,8H2,1H3;3,5-6H,1-2H2. The van der Waals surface area contributed by atoms with Gasteiger partial charge >= 0.3 is 19.1 Å². The molecule has 0 aliphatic heterocycles. The number of halogens is 3. The lowest BCUT2D eigenvalue weighted by molar-refractivity contribution is -0.140. The molecular weight excluding hydrogens is 617 g/mol. The fourth-order valence-electron chi connectivity index (χ4n) is 4.83. The second-order valence-electron chi connectivity index (χ2n) is 10.9. The van der Waals surface area contributed by atoms with Gasteiger partial charge in [0.1, 0.15) is 0 Å². The molecule has 2 aliphatic rings. The van der Waals surface area contributed by atoms with Crippen LogP contribution in [-0.4, -0.2) is 53.3 Å². The Labute approximate surface area is 271 Å². The molecule has 240 valence electrons. The van der Waals surface area contributed by atoms with Crippen molar-refractivity contribution in [3.05, 3.63) is 107 Å². The molecule has 0 atom stereocenters. The van der Waals surface area contributed by atoms with Crippen LogP contribution in [0.15, 0.2) is 73.1 Å². The molecule has 6 rings (SSSR count). The number of hydrogen-bond acceptors (Lipinski definition) is 8. The van der Waals surface area contributed by atoms with Crippen molar-refractivity contribution in [1.29, 1.82) is 0 Å². The Balaban J connectivity index is 0.000000177. The summed E-state index contributed by atoms with van der Waals surface area (Å²) in [7, 11) is 1.66. The number of pyridine rings is 2. The molecule has 2 aliphatic carbocycles. The normalized spacial score (nSPS) is 13.4. The van der Waals surface area contributed by atoms with Crippen LogP contribution in [0.2, 0.25) is 10.8 Å². The molecule has 2 saturated carbocycles. The van der Waals surface area contributed by atoms with Crippen molar-refractivity contribution < 1.29 is 37.9 Å². The van der Waals surface area contributed by atoms with Crippen molar-refractivity contribution in [2.24, 2.45) is 0 Å². The first kappa shape index (κ1) is 34.7. The van der Waals surface area contributed by atoms with Gasteiger partial charge in [-0.25, -0.2) is 9.97 Å². The summed E-state index contributed by atoms with van der Waals surface area (Å²) >= 11 is 6.10. The zero-order valence-corrected chi connectivity index (χ0v) is 26.2. The average Bonchev–Trinajstić information content (AvgIpc) is 3.96. The molecular formula is C34H34BClF2N2O6. The van der Waals surface area contributed by atoms with Crippen molar-refractivity contribution in [3.8, 4) is 22.3 Å². The highest BCUT2D eigenvalue weighted by atomic mass is 35.5. The van der Waals surface area contributed by atoms with E-state index in [-0.39, 0.29) is 24.6 Å². The molecule has 0 saturated heterocycles. The second-order valence-corrected chi connectivity index (χ2v) is 11.3. The molecule has 0 spiro atoms. The zero-order chi connectivity index (χ0) is 33.2. The van der Waals surface area contributed by atoms with Crippen LogP contribution in [0.1, 0.15) is 48.3 Å². The van der Waals surface area contributed by atoms with Gasteiger partial charge < -0.3 is 19.5 Å². The van der Waals surface area contributed by atoms with E-state index in [1.54, 1.807) is 30.3 Å². The topological polar surface area (TPSA) is 119 Å². The Morgan fingerprint density at radius 3 is 1.74 bits per heavy atom. The Kier molecular flexibility index (Phi) is 12.4. The van der Waals surface area contributed by atoms with Crippen molar-refractivity contribution in [2.75, 3.05) is 14.2 Å². The van der Waals surface area contributed by atoms with Crippen LogP contribution in [0.3, 0.4) is 0 Å². The van der Waals surface area contributed by atoms with Gasteiger partial charge in [-0.2, -0.15) is 8.78 Å². The average molecular weight is 651 g/mol. The van der Waals surface area contributed by atoms with E-state index in [0.717, 1.165) is 42.4 Å². The third kappa shape index (κ3) is 9.91. The van der Waals surface area contributed by atoms with E-state index in [0.29, 0.717) is 27.6 Å². The Morgan fingerprint density at radius 2 is 1.30 bits per heavy atom. The number of carbonyl (C=O) groups excluding carboxylic acids is 2. The lowest BCUT2D eigenvalue weighted by Gasteiger charge is -2.14. The highest BCUT2D eigenvalue weighted by Crippen LogP contribution is 2.44. The molecule has 46 heavy (non-hydrogen) atoms. The molecule has 0 bridgehead atoms. The summed E-state index contributed by atoms with van der Waals surface area (Å²) in [5.41, 5.74) is 5.66. The summed E-state index contributed by atoms with van der Waals surface area (Å²) in [5, 5.41) is 16.9. The number of esters is 2. The summed E-state index contributed by atoms with van der Waals surface area (Å²) < 4.78 is 36.0. The van der Waals surface area contributed by atoms with Crippen LogP contribution in [0.4, 0.5) is 8.78 Å². The molecule has 4 aromatic rings. The van der Waals surface area contributed by atoms with Gasteiger partial charge in [-0.15, -0.1) is 0 Å². The fraction of sp³-hybridized carbons (Fsp3) is 0.294. The molecule has 2 heterocycles. The quantitative estimate of drug-likeness (QED) is 0.129. The number of aromatic nitrogens is 2. The van der Waals surface area contributed by atoms with E-state index >= 15 is 0 Å². The number of ether oxygens (including phenoxy) is 2. The van der Waals surface area contributed by atoms with E-state index in [9.17, 15) is 18.4 Å². The second kappa shape index (κ2) is 16.4. The first-order valence-corrected chi connectivity index (χ1v) is 15.1. The van der Waals surface area contributed by atoms with Crippen LogP contribution in [-0.2, 0) is 31.9 Å². The van der Waals surface area contributed by atoms with Gasteiger partial charge in [0.2, 0.25) is 11.9 Å². The molecule has 0 unspecified atom stereocenters. The summed E-state index contributed by atoms with van der Waals surface area (Å²) in [6.45, 7) is 0. The first-order valence-electron chi connectivity index (χ1n) is 14.7. The number of rotatable bonds is 8. The molecule has 8 nitrogen and oxygen atoms in total. The van der Waals surface area contributed by atoms with Gasteiger partial charge in [0.25, 0.3) is 0 Å². The molecule has 2 aromatic heterocycles. The van der Waals surface area contributed by atoms with E-state index in [1.165, 1.54) is 44.3 Å². The third-order valence-corrected chi connectivity index (χ3v) is 7.92. The number of methoxy groups -OCH3 is 2. The Hall–Kier alpha value is -4.19. The molecule has 0 amide bonds. The fourth-order valence-corrected chi connectivity index (χ4v) is 5.07. The molecule has 0 radical (unpaired) electrons. The Morgan fingerprint density at radius 1 is 0.804 bits per heavy atom. The molecule has 2 aromatic carbocycles. The molecule has 2 fully saturated rings. The van der Waals surface area contributed by atoms with E-state index in [4.69, 9.17) is 26.4 Å². The zero-order valence-electron chi connectivity index (χ0n) is 25.5. The maximum Gasteiger partial charge on any atom is 0.454 e. The van der Waals surface area contributed by atoms with E-state index in [2.05, 4.69) is 20.8 Å². The van der Waals surface area contributed by atoms with Crippen LogP contribution >= 0.6 is 11.6 Å². The van der Waals surface area contributed by atoms with Crippen molar-refractivity contribution in [3.63, 3.8) is 0 Å². The maximum atomic E-state index is 13.4. The lowest BCUT2D eigenvalue weighted by Crippen LogP contribution is -2.09. The number of carbonyl (C=O) groups is 2. The van der Waals surface area contributed by atoms with Crippen LogP contribution < -0.4 is 0 Å². The van der Waals surface area contributed by atoms with Crippen LogP contribution in [0.5, 0.6) is 0 Å². The van der Waals surface area contributed by atoms with Crippen molar-refractivity contribution in [2.45, 2.75) is 50.3 Å². The third-order valence-electron chi connectivity index (χ3n) is 7.56. The van der Waals surface area contributed by atoms with Crippen LogP contribution in [0.25, 0.3) is 22.3 Å². The largest absolute Gasteiger partial charge is 0.469 e. The van der Waals surface area contributed by atoms with Gasteiger partial charge in [0, 0.05) is 29.5 Å². The van der Waals surface area contributed by atoms with Gasteiger partial charge in [0.05, 0.1) is 27.1 Å². The lowest BCUT2D eigenvalue weighted by atomic mass is 9.84.